The van der Waals surface area contributed by atoms with Gasteiger partial charge in [-0.3, -0.25) is 0 Å². The summed E-state index contributed by atoms with van der Waals surface area (Å²) >= 11 is 0. The van der Waals surface area contributed by atoms with Crippen LogP contribution in [0.1, 0.15) is 51.0 Å². The predicted molar refractivity (Wildman–Crippen MR) is 288 cm³/mol. The van der Waals surface area contributed by atoms with Gasteiger partial charge in [-0.25, -0.2) is 0 Å². The minimum atomic E-state index is 0.0192. The number of hydrogen-bond acceptors (Lipinski definition) is 22. The molecule has 0 aliphatic heterocycles. The van der Waals surface area contributed by atoms with Gasteiger partial charge >= 0.3 is 0 Å². The van der Waals surface area contributed by atoms with Crippen molar-refractivity contribution in [3.05, 3.63) is 29.8 Å². The molecule has 0 aliphatic rings. The third-order valence-electron chi connectivity index (χ3n) is 10.3. The van der Waals surface area contributed by atoms with Crippen LogP contribution in [0, 0.1) is 0 Å². The molecule has 0 atom stereocenters. The number of hydrogen-bond donors (Lipinski definition) is 1. The summed E-state index contributed by atoms with van der Waals surface area (Å²) in [6, 6.07) is 8.12. The molecule has 1 aromatic carbocycles. The Morgan fingerprint density at radius 2 is 0.442 bits per heavy atom. The second kappa shape index (κ2) is 66.7. The van der Waals surface area contributed by atoms with Crippen LogP contribution in [0.15, 0.2) is 24.3 Å². The Morgan fingerprint density at radius 3 is 0.675 bits per heavy atom. The van der Waals surface area contributed by atoms with Gasteiger partial charge in [-0.1, -0.05) is 51.2 Å². The fraction of sp³-hybridized carbons (Fsp3) is 0.891. The summed E-state index contributed by atoms with van der Waals surface area (Å²) in [6.45, 7) is 22.7. The molecule has 77 heavy (non-hydrogen) atoms. The standard InChI is InChI=1S/C55H104O22/c1-2-3-4-5-6-7-13-77-55-10-8-54(9-11-55)53-76-52-51-75-50-49-74-48-47-73-46-45-72-44-43-71-42-41-70-40-39-69-38-37-68-36-35-67-34-33-66-32-31-65-30-29-64-28-27-63-26-25-62-24-23-61-22-21-60-20-19-59-18-17-58-16-15-57-14-12-56/h8-11,56H,2-7,12-53H2,1H3. The monoisotopic (exact) mass is 1120 g/mol. The van der Waals surface area contributed by atoms with Crippen LogP contribution in [-0.4, -0.2) is 276 Å². The molecule has 1 rings (SSSR count). The van der Waals surface area contributed by atoms with Gasteiger partial charge in [0.05, 0.1) is 277 Å². The van der Waals surface area contributed by atoms with Crippen molar-refractivity contribution < 1.29 is 105 Å². The Labute approximate surface area is 461 Å². The highest BCUT2D eigenvalue weighted by molar-refractivity contribution is 5.26. The number of unbranched alkanes of at least 4 members (excludes halogenated alkanes) is 5. The van der Waals surface area contributed by atoms with Gasteiger partial charge in [0, 0.05) is 0 Å². The minimum Gasteiger partial charge on any atom is -0.494 e. The van der Waals surface area contributed by atoms with E-state index >= 15 is 0 Å². The molecule has 0 aliphatic carbocycles. The summed E-state index contributed by atoms with van der Waals surface area (Å²) < 4.78 is 116. The van der Waals surface area contributed by atoms with Crippen LogP contribution in [0.3, 0.4) is 0 Å². The van der Waals surface area contributed by atoms with E-state index in [4.69, 9.17) is 105 Å². The molecule has 0 saturated heterocycles. The van der Waals surface area contributed by atoms with Crippen molar-refractivity contribution in [3.8, 4) is 5.75 Å². The maximum Gasteiger partial charge on any atom is 0.119 e. The molecule has 1 aromatic rings. The molecule has 0 saturated carbocycles. The van der Waals surface area contributed by atoms with Crippen LogP contribution in [0.25, 0.3) is 0 Å². The lowest BCUT2D eigenvalue weighted by Gasteiger charge is -2.09. The summed E-state index contributed by atoms with van der Waals surface area (Å²) in [5.74, 6) is 0.913. The van der Waals surface area contributed by atoms with Gasteiger partial charge in [0.25, 0.3) is 0 Å². The summed E-state index contributed by atoms with van der Waals surface area (Å²) in [7, 11) is 0. The van der Waals surface area contributed by atoms with Gasteiger partial charge in [0.15, 0.2) is 0 Å². The molecule has 0 aromatic heterocycles. The average molecular weight is 1120 g/mol. The largest absolute Gasteiger partial charge is 0.494 e. The van der Waals surface area contributed by atoms with Crippen molar-refractivity contribution in [2.45, 2.75) is 52.1 Å². The van der Waals surface area contributed by atoms with Crippen molar-refractivity contribution in [1.29, 1.82) is 0 Å². The fourth-order valence-electron chi connectivity index (χ4n) is 6.19. The Balaban J connectivity index is 1.62. The zero-order valence-corrected chi connectivity index (χ0v) is 47.3. The van der Waals surface area contributed by atoms with E-state index in [9.17, 15) is 0 Å². The highest BCUT2D eigenvalue weighted by atomic mass is 16.6. The quantitative estimate of drug-likeness (QED) is 0.0903. The molecule has 0 unspecified atom stereocenters. The maximum absolute atomic E-state index is 8.61. The van der Waals surface area contributed by atoms with Crippen LogP contribution in [0.5, 0.6) is 5.75 Å². The van der Waals surface area contributed by atoms with Crippen molar-refractivity contribution in [1.82, 2.24) is 0 Å². The molecule has 0 radical (unpaired) electrons. The Morgan fingerprint density at radius 1 is 0.234 bits per heavy atom. The first kappa shape index (κ1) is 73.2. The molecule has 22 heteroatoms. The zero-order chi connectivity index (χ0) is 54.8. The van der Waals surface area contributed by atoms with Crippen LogP contribution in [0.4, 0.5) is 0 Å². The van der Waals surface area contributed by atoms with Gasteiger partial charge in [0.1, 0.15) is 5.75 Å². The number of ether oxygens (including phenoxy) is 21. The molecular formula is C55H104O22. The fourth-order valence-corrected chi connectivity index (χ4v) is 6.19. The molecule has 0 bridgehead atoms. The van der Waals surface area contributed by atoms with Crippen molar-refractivity contribution >= 4 is 0 Å². The first-order valence-corrected chi connectivity index (χ1v) is 28.2. The summed E-state index contributed by atoms with van der Waals surface area (Å²) in [4.78, 5) is 0. The average Bonchev–Trinajstić information content (AvgIpc) is 3.44. The van der Waals surface area contributed by atoms with Gasteiger partial charge in [-0.05, 0) is 24.1 Å². The van der Waals surface area contributed by atoms with E-state index in [1.807, 2.05) is 24.3 Å². The highest BCUT2D eigenvalue weighted by Gasteiger charge is 2.01. The SMILES string of the molecule is CCCCCCCCOc1ccc(COCCOCCOCCOCCOCCOCCOCCOCCOCCOCCOCCOCCOCCOCCOCCOCCOCCOCCOCCOCCO)cc1. The van der Waals surface area contributed by atoms with Gasteiger partial charge in [0.2, 0.25) is 0 Å². The van der Waals surface area contributed by atoms with E-state index in [2.05, 4.69) is 6.92 Å². The van der Waals surface area contributed by atoms with Crippen molar-refractivity contribution in [2.75, 3.05) is 271 Å². The van der Waals surface area contributed by atoms with E-state index in [1.54, 1.807) is 0 Å². The highest BCUT2D eigenvalue weighted by Crippen LogP contribution is 2.14. The zero-order valence-electron chi connectivity index (χ0n) is 47.3. The van der Waals surface area contributed by atoms with Gasteiger partial charge < -0.3 is 105 Å². The van der Waals surface area contributed by atoms with Gasteiger partial charge in [-0.15, -0.1) is 0 Å². The van der Waals surface area contributed by atoms with E-state index in [0.29, 0.717) is 264 Å². The maximum atomic E-state index is 8.61. The van der Waals surface area contributed by atoms with Gasteiger partial charge in [-0.2, -0.15) is 0 Å². The molecular weight excluding hydrogens is 1010 g/mol. The summed E-state index contributed by atoms with van der Waals surface area (Å²) in [6.07, 6.45) is 7.57. The third-order valence-corrected chi connectivity index (χ3v) is 10.3. The Kier molecular flexibility index (Phi) is 63.4. The van der Waals surface area contributed by atoms with Crippen LogP contribution < -0.4 is 4.74 Å². The second-order valence-electron chi connectivity index (χ2n) is 16.7. The molecule has 0 amide bonds. The Bertz CT molecular complexity index is 1210. The summed E-state index contributed by atoms with van der Waals surface area (Å²) in [5.41, 5.74) is 1.12. The minimum absolute atomic E-state index is 0.0192. The lowest BCUT2D eigenvalue weighted by molar-refractivity contribution is -0.0315. The number of benzene rings is 1. The topological polar surface area (TPSA) is 214 Å². The van der Waals surface area contributed by atoms with Crippen molar-refractivity contribution in [3.63, 3.8) is 0 Å². The van der Waals surface area contributed by atoms with Crippen LogP contribution in [0.2, 0.25) is 0 Å². The van der Waals surface area contributed by atoms with Crippen LogP contribution in [-0.2, 0) is 101 Å². The molecule has 0 heterocycles. The normalized spacial score (nSPS) is 11.7. The number of rotatable bonds is 69. The van der Waals surface area contributed by atoms with E-state index in [1.165, 1.54) is 32.1 Å². The number of aliphatic hydroxyl groups is 1. The van der Waals surface area contributed by atoms with E-state index in [0.717, 1.165) is 24.3 Å². The molecule has 22 nitrogen and oxygen atoms in total. The van der Waals surface area contributed by atoms with Crippen molar-refractivity contribution in [2.24, 2.45) is 0 Å². The van der Waals surface area contributed by atoms with E-state index < -0.39 is 0 Å². The molecule has 456 valence electrons. The third kappa shape index (κ3) is 61.6. The lowest BCUT2D eigenvalue weighted by Crippen LogP contribution is -2.16. The second-order valence-corrected chi connectivity index (χ2v) is 16.7. The smallest absolute Gasteiger partial charge is 0.119 e. The first-order valence-electron chi connectivity index (χ1n) is 28.2. The first-order chi connectivity index (χ1) is 38.4. The predicted octanol–water partition coefficient (Wildman–Crippen LogP) is 4.25. The lowest BCUT2D eigenvalue weighted by atomic mass is 10.1. The number of aliphatic hydroxyl groups excluding tert-OH is 1. The molecule has 1 N–H and O–H groups in total. The molecule has 0 spiro atoms. The van der Waals surface area contributed by atoms with Crippen LogP contribution >= 0.6 is 0 Å². The summed E-state index contributed by atoms with van der Waals surface area (Å²) in [5, 5.41) is 8.61. The Hall–Kier alpha value is -1.82. The van der Waals surface area contributed by atoms with E-state index in [-0.39, 0.29) is 6.61 Å². The molecule has 0 fully saturated rings.